The van der Waals surface area contributed by atoms with E-state index in [1.807, 2.05) is 13.8 Å². The van der Waals surface area contributed by atoms with E-state index in [2.05, 4.69) is 49.9 Å². The van der Waals surface area contributed by atoms with E-state index in [9.17, 15) is 0 Å². The van der Waals surface area contributed by atoms with Crippen LogP contribution < -0.4 is 5.32 Å². The molecule has 0 fully saturated rings. The fourth-order valence-corrected chi connectivity index (χ4v) is 2.37. The molecule has 0 aliphatic carbocycles. The van der Waals surface area contributed by atoms with Gasteiger partial charge < -0.3 is 5.32 Å². The third-order valence-electron chi connectivity index (χ3n) is 2.84. The lowest BCUT2D eigenvalue weighted by Gasteiger charge is -2.23. The number of nitrogens with one attached hydrogen (secondary N) is 1. The molecule has 0 amide bonds. The monoisotopic (exact) mass is 267 g/mol. The van der Waals surface area contributed by atoms with Crippen LogP contribution in [0.15, 0.2) is 5.16 Å². The first kappa shape index (κ1) is 15.4. The number of aryl methyl sites for hydroxylation is 2. The van der Waals surface area contributed by atoms with Crippen LogP contribution in [0.3, 0.4) is 0 Å². The van der Waals surface area contributed by atoms with E-state index in [0.29, 0.717) is 5.25 Å². The smallest absolute Gasteiger partial charge is 0.188 e. The summed E-state index contributed by atoms with van der Waals surface area (Å²) in [5, 5.41) is 4.86. The average molecular weight is 267 g/mol. The summed E-state index contributed by atoms with van der Waals surface area (Å²) in [6.45, 7) is 15.9. The van der Waals surface area contributed by atoms with Crippen LogP contribution >= 0.6 is 11.8 Å². The Morgan fingerprint density at radius 1 is 1.11 bits per heavy atom. The van der Waals surface area contributed by atoms with Gasteiger partial charge in [0.25, 0.3) is 0 Å². The zero-order valence-corrected chi connectivity index (χ0v) is 13.4. The van der Waals surface area contributed by atoms with Crippen molar-refractivity contribution in [1.29, 1.82) is 0 Å². The third-order valence-corrected chi connectivity index (χ3v) is 3.80. The van der Waals surface area contributed by atoms with Crippen LogP contribution in [0.1, 0.15) is 44.6 Å². The lowest BCUT2D eigenvalue weighted by molar-refractivity contribution is 0.429. The topological polar surface area (TPSA) is 37.8 Å². The van der Waals surface area contributed by atoms with Crippen molar-refractivity contribution in [1.82, 2.24) is 15.3 Å². The van der Waals surface area contributed by atoms with Crippen molar-refractivity contribution in [2.24, 2.45) is 0 Å². The molecular weight excluding hydrogens is 242 g/mol. The van der Waals surface area contributed by atoms with Crippen molar-refractivity contribution < 1.29 is 0 Å². The number of aromatic nitrogens is 2. The predicted molar refractivity (Wildman–Crippen MR) is 79.3 cm³/mol. The number of nitrogens with zero attached hydrogens (tertiary/aromatic N) is 2. The Balaban J connectivity index is 2.62. The van der Waals surface area contributed by atoms with Gasteiger partial charge in [-0.1, -0.05) is 18.7 Å². The minimum Gasteiger partial charge on any atom is -0.311 e. The predicted octanol–water partition coefficient (Wildman–Crippen LogP) is 3.27. The number of thioether (sulfide) groups is 1. The van der Waals surface area contributed by atoms with E-state index in [0.717, 1.165) is 23.1 Å². The van der Waals surface area contributed by atoms with Crippen LogP contribution in [0, 0.1) is 20.8 Å². The van der Waals surface area contributed by atoms with E-state index in [1.165, 1.54) is 5.56 Å². The zero-order chi connectivity index (χ0) is 13.9. The molecule has 4 heteroatoms. The van der Waals surface area contributed by atoms with Crippen molar-refractivity contribution >= 4 is 11.8 Å². The molecular formula is C14H25N3S. The van der Waals surface area contributed by atoms with Crippen molar-refractivity contribution in [2.75, 3.05) is 6.54 Å². The summed E-state index contributed by atoms with van der Waals surface area (Å²) in [7, 11) is 0. The maximum Gasteiger partial charge on any atom is 0.188 e. The fraction of sp³-hybridized carbons (Fsp3) is 0.714. The van der Waals surface area contributed by atoms with Gasteiger partial charge in [-0.2, -0.15) is 0 Å². The molecule has 0 radical (unpaired) electrons. The lowest BCUT2D eigenvalue weighted by atomic mass is 10.1. The van der Waals surface area contributed by atoms with Crippen LogP contribution in [0.5, 0.6) is 0 Å². The molecule has 1 rings (SSSR count). The molecule has 0 aliphatic rings. The molecule has 0 bridgehead atoms. The summed E-state index contributed by atoms with van der Waals surface area (Å²) in [6, 6.07) is 0. The molecule has 0 saturated heterocycles. The standard InChI is InChI=1S/C14H25N3S/c1-9(8-15-14(5,6)7)18-13-16-11(3)10(2)12(4)17-13/h9,15H,8H2,1-7H3. The highest BCUT2D eigenvalue weighted by molar-refractivity contribution is 7.99. The second-order valence-corrected chi connectivity index (χ2v) is 7.27. The Kier molecular flexibility index (Phi) is 5.17. The molecule has 3 nitrogen and oxygen atoms in total. The maximum absolute atomic E-state index is 4.54. The summed E-state index contributed by atoms with van der Waals surface area (Å²) in [4.78, 5) is 9.08. The zero-order valence-electron chi connectivity index (χ0n) is 12.6. The van der Waals surface area contributed by atoms with Crippen molar-refractivity contribution in [3.8, 4) is 0 Å². The first-order chi connectivity index (χ1) is 8.19. The fourth-order valence-electron chi connectivity index (χ4n) is 1.47. The minimum atomic E-state index is 0.161. The van der Waals surface area contributed by atoms with Gasteiger partial charge in [0.2, 0.25) is 0 Å². The number of rotatable bonds is 4. The summed E-state index contributed by atoms with van der Waals surface area (Å²) in [5.41, 5.74) is 3.52. The Morgan fingerprint density at radius 3 is 2.06 bits per heavy atom. The van der Waals surface area contributed by atoms with Crippen LogP contribution in [0.25, 0.3) is 0 Å². The molecule has 1 aromatic rings. The van der Waals surface area contributed by atoms with Crippen LogP contribution in [-0.4, -0.2) is 27.3 Å². The highest BCUT2D eigenvalue weighted by Crippen LogP contribution is 2.21. The largest absolute Gasteiger partial charge is 0.311 e. The van der Waals surface area contributed by atoms with E-state index in [4.69, 9.17) is 0 Å². The van der Waals surface area contributed by atoms with E-state index >= 15 is 0 Å². The summed E-state index contributed by atoms with van der Waals surface area (Å²) in [6.07, 6.45) is 0. The van der Waals surface area contributed by atoms with Gasteiger partial charge in [0.05, 0.1) is 0 Å². The van der Waals surface area contributed by atoms with Gasteiger partial charge in [-0.15, -0.1) is 0 Å². The Bertz CT molecular complexity index is 387. The Hall–Kier alpha value is -0.610. The van der Waals surface area contributed by atoms with Crippen LogP contribution in [-0.2, 0) is 0 Å². The quantitative estimate of drug-likeness (QED) is 0.671. The second-order valence-electron chi connectivity index (χ2n) is 5.86. The first-order valence-electron chi connectivity index (χ1n) is 6.42. The number of hydrogen-bond acceptors (Lipinski definition) is 4. The molecule has 0 saturated carbocycles. The Morgan fingerprint density at radius 2 is 1.61 bits per heavy atom. The van der Waals surface area contributed by atoms with E-state index in [1.54, 1.807) is 11.8 Å². The normalized spacial score (nSPS) is 13.7. The molecule has 0 aliphatic heterocycles. The molecule has 1 unspecified atom stereocenters. The van der Waals surface area contributed by atoms with Gasteiger partial charge in [-0.25, -0.2) is 9.97 Å². The van der Waals surface area contributed by atoms with Crippen molar-refractivity contribution in [3.63, 3.8) is 0 Å². The SMILES string of the molecule is Cc1nc(SC(C)CNC(C)(C)C)nc(C)c1C. The van der Waals surface area contributed by atoms with Gasteiger partial charge >= 0.3 is 0 Å². The summed E-state index contributed by atoms with van der Waals surface area (Å²) in [5.74, 6) is 0. The van der Waals surface area contributed by atoms with Gasteiger partial charge in [-0.05, 0) is 47.1 Å². The van der Waals surface area contributed by atoms with Gasteiger partial charge in [0, 0.05) is 28.7 Å². The average Bonchev–Trinajstić information content (AvgIpc) is 2.22. The molecule has 1 atom stereocenters. The molecule has 1 heterocycles. The van der Waals surface area contributed by atoms with Gasteiger partial charge in [0.1, 0.15) is 0 Å². The molecule has 1 N–H and O–H groups in total. The van der Waals surface area contributed by atoms with Crippen molar-refractivity contribution in [2.45, 2.75) is 64.4 Å². The maximum atomic E-state index is 4.54. The molecule has 1 aromatic heterocycles. The third kappa shape index (κ3) is 4.94. The first-order valence-corrected chi connectivity index (χ1v) is 7.30. The highest BCUT2D eigenvalue weighted by atomic mass is 32.2. The van der Waals surface area contributed by atoms with Gasteiger partial charge in [0.15, 0.2) is 5.16 Å². The Labute approximate surface area is 115 Å². The van der Waals surface area contributed by atoms with Crippen molar-refractivity contribution in [3.05, 3.63) is 17.0 Å². The second kappa shape index (κ2) is 6.02. The molecule has 102 valence electrons. The summed E-state index contributed by atoms with van der Waals surface area (Å²) >= 11 is 1.74. The number of hydrogen-bond donors (Lipinski definition) is 1. The molecule has 18 heavy (non-hydrogen) atoms. The van der Waals surface area contributed by atoms with Gasteiger partial charge in [-0.3, -0.25) is 0 Å². The van der Waals surface area contributed by atoms with Crippen LogP contribution in [0.2, 0.25) is 0 Å². The van der Waals surface area contributed by atoms with E-state index < -0.39 is 0 Å². The molecule has 0 spiro atoms. The minimum absolute atomic E-state index is 0.161. The molecule has 0 aromatic carbocycles. The highest BCUT2D eigenvalue weighted by Gasteiger charge is 2.13. The summed E-state index contributed by atoms with van der Waals surface area (Å²) < 4.78 is 0. The lowest BCUT2D eigenvalue weighted by Crippen LogP contribution is -2.39. The van der Waals surface area contributed by atoms with E-state index in [-0.39, 0.29) is 5.54 Å². The van der Waals surface area contributed by atoms with Crippen LogP contribution in [0.4, 0.5) is 0 Å².